The van der Waals surface area contributed by atoms with Crippen LogP contribution in [0.5, 0.6) is 0 Å². The van der Waals surface area contributed by atoms with Crippen molar-refractivity contribution in [2.24, 2.45) is 29.1 Å². The number of fused-ring (bicyclic) bond motifs is 3. The first-order valence-corrected chi connectivity index (χ1v) is 7.74. The molecule has 22 heavy (non-hydrogen) atoms. The molecule has 108 valence electrons. The van der Waals surface area contributed by atoms with Crippen LogP contribution in [0.3, 0.4) is 0 Å². The van der Waals surface area contributed by atoms with Crippen molar-refractivity contribution in [2.45, 2.75) is 12.8 Å². The normalized spacial score (nSPS) is 36.0. The van der Waals surface area contributed by atoms with Crippen molar-refractivity contribution < 1.29 is 9.59 Å². The Hall–Kier alpha value is -2.41. The van der Waals surface area contributed by atoms with Gasteiger partial charge in [0.25, 0.3) is 0 Å². The molecule has 2 saturated carbocycles. The molecule has 4 heteroatoms. The van der Waals surface area contributed by atoms with Crippen LogP contribution >= 0.6 is 0 Å². The highest BCUT2D eigenvalue weighted by atomic mass is 16.2. The molecule has 2 bridgehead atoms. The molecular formula is C18H14N2O2. The topological polar surface area (TPSA) is 61.2 Å². The summed E-state index contributed by atoms with van der Waals surface area (Å²) in [5, 5.41) is 8.87. The van der Waals surface area contributed by atoms with Gasteiger partial charge in [0, 0.05) is 0 Å². The first-order valence-electron chi connectivity index (χ1n) is 7.74. The van der Waals surface area contributed by atoms with Crippen LogP contribution in [-0.4, -0.2) is 11.8 Å². The summed E-state index contributed by atoms with van der Waals surface area (Å²) in [7, 11) is 0. The van der Waals surface area contributed by atoms with E-state index in [1.807, 2.05) is 0 Å². The number of amides is 2. The molecule has 2 amide bonds. The number of rotatable bonds is 1. The Kier molecular flexibility index (Phi) is 2.03. The Labute approximate surface area is 128 Å². The number of imide groups is 1. The first-order chi connectivity index (χ1) is 10.7. The maximum absolute atomic E-state index is 12.9. The van der Waals surface area contributed by atoms with Crippen molar-refractivity contribution >= 4 is 17.5 Å². The zero-order chi connectivity index (χ0) is 15.1. The van der Waals surface area contributed by atoms with E-state index in [-0.39, 0.29) is 40.9 Å². The van der Waals surface area contributed by atoms with E-state index in [0.717, 1.165) is 12.8 Å². The average molecular weight is 290 g/mol. The molecule has 1 aromatic carbocycles. The monoisotopic (exact) mass is 290 g/mol. The van der Waals surface area contributed by atoms with Gasteiger partial charge in [-0.3, -0.25) is 14.5 Å². The number of nitriles is 1. The Morgan fingerprint density at radius 3 is 2.00 bits per heavy atom. The number of benzene rings is 1. The molecule has 4 aliphatic rings. The van der Waals surface area contributed by atoms with Gasteiger partial charge >= 0.3 is 0 Å². The summed E-state index contributed by atoms with van der Waals surface area (Å²) in [6.07, 6.45) is 6.65. The van der Waals surface area contributed by atoms with Crippen LogP contribution in [0.2, 0.25) is 0 Å². The highest BCUT2D eigenvalue weighted by Gasteiger charge is 2.73. The lowest BCUT2D eigenvalue weighted by molar-refractivity contribution is -0.123. The van der Waals surface area contributed by atoms with Crippen LogP contribution in [0, 0.1) is 40.4 Å². The Morgan fingerprint density at radius 1 is 1.00 bits per heavy atom. The molecule has 5 rings (SSSR count). The van der Waals surface area contributed by atoms with Crippen molar-refractivity contribution in [1.82, 2.24) is 0 Å². The van der Waals surface area contributed by atoms with Gasteiger partial charge in [-0.1, -0.05) is 12.2 Å². The maximum Gasteiger partial charge on any atom is 0.238 e. The summed E-state index contributed by atoms with van der Waals surface area (Å²) in [4.78, 5) is 27.1. The number of anilines is 1. The molecular weight excluding hydrogens is 276 g/mol. The van der Waals surface area contributed by atoms with E-state index < -0.39 is 0 Å². The lowest BCUT2D eigenvalue weighted by Crippen LogP contribution is -2.34. The molecule has 0 radical (unpaired) electrons. The van der Waals surface area contributed by atoms with E-state index in [1.54, 1.807) is 24.3 Å². The van der Waals surface area contributed by atoms with Gasteiger partial charge in [-0.25, -0.2) is 0 Å². The predicted octanol–water partition coefficient (Wildman–Crippen LogP) is 2.26. The number of carbonyl (C=O) groups is 2. The van der Waals surface area contributed by atoms with Gasteiger partial charge in [-0.2, -0.15) is 5.26 Å². The van der Waals surface area contributed by atoms with Crippen LogP contribution in [-0.2, 0) is 9.59 Å². The molecule has 4 nitrogen and oxygen atoms in total. The van der Waals surface area contributed by atoms with Gasteiger partial charge in [0.1, 0.15) is 0 Å². The summed E-state index contributed by atoms with van der Waals surface area (Å²) >= 11 is 0. The fourth-order valence-corrected chi connectivity index (χ4v) is 5.02. The van der Waals surface area contributed by atoms with Crippen LogP contribution in [0.1, 0.15) is 18.4 Å². The molecule has 0 unspecified atom stereocenters. The van der Waals surface area contributed by atoms with Gasteiger partial charge in [-0.15, -0.1) is 0 Å². The van der Waals surface area contributed by atoms with Crippen molar-refractivity contribution in [3.05, 3.63) is 42.0 Å². The largest absolute Gasteiger partial charge is 0.274 e. The molecule has 1 aromatic rings. The second-order valence-electron chi connectivity index (χ2n) is 6.89. The molecule has 3 aliphatic carbocycles. The number of nitrogens with zero attached hydrogens (tertiary/aromatic N) is 2. The standard InChI is InChI=1S/C18H14N2O2/c19-9-10-1-3-11(4-2-10)20-16(21)14-12-5-6-13(15(14)17(20)22)18(12)7-8-18/h1-6,12-15H,7-8H2/t12-,13-,14-,15+/m0/s1. The lowest BCUT2D eigenvalue weighted by atomic mass is 9.85. The summed E-state index contributed by atoms with van der Waals surface area (Å²) in [6.45, 7) is 0. The number of carbonyl (C=O) groups excluding carboxylic acids is 2. The minimum absolute atomic E-state index is 0.0529. The lowest BCUT2D eigenvalue weighted by Gasteiger charge is -2.21. The van der Waals surface area contributed by atoms with Crippen LogP contribution in [0.25, 0.3) is 0 Å². The summed E-state index contributed by atoms with van der Waals surface area (Å²) in [5.74, 6) is 0.0663. The van der Waals surface area contributed by atoms with Crippen molar-refractivity contribution in [2.75, 3.05) is 4.90 Å². The Morgan fingerprint density at radius 2 is 1.55 bits per heavy atom. The van der Waals surface area contributed by atoms with Crippen molar-refractivity contribution in [3.8, 4) is 6.07 Å². The number of allylic oxidation sites excluding steroid dienone is 2. The van der Waals surface area contributed by atoms with E-state index >= 15 is 0 Å². The minimum Gasteiger partial charge on any atom is -0.274 e. The predicted molar refractivity (Wildman–Crippen MR) is 78.4 cm³/mol. The summed E-state index contributed by atoms with van der Waals surface area (Å²) in [6, 6.07) is 8.74. The smallest absolute Gasteiger partial charge is 0.238 e. The first kappa shape index (κ1) is 12.2. The van der Waals surface area contributed by atoms with Gasteiger partial charge in [0.15, 0.2) is 0 Å². The van der Waals surface area contributed by atoms with E-state index in [2.05, 4.69) is 18.2 Å². The highest BCUT2D eigenvalue weighted by Crippen LogP contribution is 2.73. The van der Waals surface area contributed by atoms with Crippen LogP contribution in [0.15, 0.2) is 36.4 Å². The quantitative estimate of drug-likeness (QED) is 0.589. The zero-order valence-corrected chi connectivity index (χ0v) is 11.9. The fourth-order valence-electron chi connectivity index (χ4n) is 5.02. The van der Waals surface area contributed by atoms with Gasteiger partial charge in [0.05, 0.1) is 29.2 Å². The third-order valence-corrected chi connectivity index (χ3v) is 6.11. The number of hydrogen-bond donors (Lipinski definition) is 0. The molecule has 0 N–H and O–H groups in total. The van der Waals surface area contributed by atoms with E-state index in [1.165, 1.54) is 4.90 Å². The van der Waals surface area contributed by atoms with E-state index in [0.29, 0.717) is 11.3 Å². The summed E-state index contributed by atoms with van der Waals surface area (Å²) in [5.41, 5.74) is 1.35. The van der Waals surface area contributed by atoms with Gasteiger partial charge < -0.3 is 0 Å². The molecule has 1 saturated heterocycles. The van der Waals surface area contributed by atoms with E-state index in [4.69, 9.17) is 5.26 Å². The third-order valence-electron chi connectivity index (χ3n) is 6.11. The molecule has 3 fully saturated rings. The molecule has 0 aromatic heterocycles. The molecule has 1 aliphatic heterocycles. The van der Waals surface area contributed by atoms with Crippen LogP contribution < -0.4 is 4.90 Å². The van der Waals surface area contributed by atoms with Crippen LogP contribution in [0.4, 0.5) is 5.69 Å². The fraction of sp³-hybridized carbons (Fsp3) is 0.389. The molecule has 1 spiro atoms. The third kappa shape index (κ3) is 1.20. The maximum atomic E-state index is 12.9. The molecule has 4 atom stereocenters. The average Bonchev–Trinajstić information content (AvgIpc) is 3.13. The van der Waals surface area contributed by atoms with Gasteiger partial charge in [-0.05, 0) is 54.4 Å². The SMILES string of the molecule is N#Cc1ccc(N2C(=O)[C@@H]3[C@H](C2=O)[C@@H]2C=C[C@@H]3C23CC3)cc1. The number of hydrogen-bond acceptors (Lipinski definition) is 3. The summed E-state index contributed by atoms with van der Waals surface area (Å²) < 4.78 is 0. The Bertz CT molecular complexity index is 748. The van der Waals surface area contributed by atoms with E-state index in [9.17, 15) is 9.59 Å². The Balaban J connectivity index is 1.55. The van der Waals surface area contributed by atoms with Crippen molar-refractivity contribution in [3.63, 3.8) is 0 Å². The molecule has 1 heterocycles. The minimum atomic E-state index is -0.166. The second-order valence-corrected chi connectivity index (χ2v) is 6.89. The van der Waals surface area contributed by atoms with Crippen molar-refractivity contribution in [1.29, 1.82) is 5.26 Å². The van der Waals surface area contributed by atoms with Gasteiger partial charge in [0.2, 0.25) is 11.8 Å². The second kappa shape index (κ2) is 3.67. The highest BCUT2D eigenvalue weighted by molar-refractivity contribution is 6.23. The zero-order valence-electron chi connectivity index (χ0n) is 11.9.